The minimum Gasteiger partial charge on any atom is -0.467 e. The van der Waals surface area contributed by atoms with Crippen LogP contribution in [0.4, 0.5) is 13.2 Å². The molecule has 114 valence electrons. The molecule has 0 aliphatic heterocycles. The monoisotopic (exact) mass is 297 g/mol. The van der Waals surface area contributed by atoms with E-state index in [2.05, 4.69) is 5.32 Å². The highest BCUT2D eigenvalue weighted by atomic mass is 19.4. The van der Waals surface area contributed by atoms with Crippen LogP contribution in [0.5, 0.6) is 0 Å². The molecule has 0 bridgehead atoms. The molecule has 1 aromatic carbocycles. The second-order valence-corrected chi connectivity index (χ2v) is 4.89. The van der Waals surface area contributed by atoms with Gasteiger partial charge in [0.05, 0.1) is 12.3 Å². The number of rotatable bonds is 7. The van der Waals surface area contributed by atoms with Crippen molar-refractivity contribution in [1.82, 2.24) is 5.32 Å². The van der Waals surface area contributed by atoms with Crippen LogP contribution in [0.3, 0.4) is 0 Å². The molecule has 2 rings (SSSR count). The van der Waals surface area contributed by atoms with E-state index in [4.69, 9.17) is 4.42 Å². The maximum atomic E-state index is 12.1. The lowest BCUT2D eigenvalue weighted by Crippen LogP contribution is -2.23. The molecule has 0 spiro atoms. The number of unbranched alkanes of at least 4 members (excludes halogenated alkanes) is 1. The first-order valence-corrected chi connectivity index (χ1v) is 6.95. The van der Waals surface area contributed by atoms with Crippen LogP contribution in [-0.2, 0) is 0 Å². The molecule has 1 atom stereocenters. The van der Waals surface area contributed by atoms with Crippen LogP contribution in [0.15, 0.2) is 53.1 Å². The molecule has 0 fully saturated rings. The molecule has 5 heteroatoms. The molecule has 1 N–H and O–H groups in total. The van der Waals surface area contributed by atoms with Gasteiger partial charge in [-0.05, 0) is 37.1 Å². The Bertz CT molecular complexity index is 508. The maximum Gasteiger partial charge on any atom is 0.389 e. The lowest BCUT2D eigenvalue weighted by molar-refractivity contribution is -0.135. The van der Waals surface area contributed by atoms with E-state index in [0.29, 0.717) is 13.0 Å². The lowest BCUT2D eigenvalue weighted by atomic mass is 10.0. The summed E-state index contributed by atoms with van der Waals surface area (Å²) in [5, 5.41) is 3.26. The van der Waals surface area contributed by atoms with Gasteiger partial charge in [0, 0.05) is 6.42 Å². The van der Waals surface area contributed by atoms with Gasteiger partial charge in [-0.2, -0.15) is 13.2 Å². The Balaban J connectivity index is 1.89. The second kappa shape index (κ2) is 7.31. The smallest absolute Gasteiger partial charge is 0.389 e. The first-order chi connectivity index (χ1) is 10.1. The average Bonchev–Trinajstić information content (AvgIpc) is 2.96. The van der Waals surface area contributed by atoms with Gasteiger partial charge in [0.1, 0.15) is 5.76 Å². The van der Waals surface area contributed by atoms with Gasteiger partial charge in [-0.1, -0.05) is 30.3 Å². The average molecular weight is 297 g/mol. The number of alkyl halides is 3. The van der Waals surface area contributed by atoms with E-state index in [9.17, 15) is 13.2 Å². The van der Waals surface area contributed by atoms with Crippen molar-refractivity contribution in [2.45, 2.75) is 31.5 Å². The van der Waals surface area contributed by atoms with Crippen molar-refractivity contribution in [2.75, 3.05) is 6.54 Å². The Labute approximate surface area is 122 Å². The Kier molecular flexibility index (Phi) is 5.44. The molecule has 2 nitrogen and oxygen atoms in total. The van der Waals surface area contributed by atoms with Crippen LogP contribution >= 0.6 is 0 Å². The van der Waals surface area contributed by atoms with Crippen LogP contribution in [0.25, 0.3) is 0 Å². The van der Waals surface area contributed by atoms with Crippen LogP contribution in [0.2, 0.25) is 0 Å². The third kappa shape index (κ3) is 5.27. The van der Waals surface area contributed by atoms with E-state index in [1.165, 1.54) is 0 Å². The Morgan fingerprint density at radius 1 is 1.00 bits per heavy atom. The van der Waals surface area contributed by atoms with Crippen LogP contribution in [0.1, 0.15) is 36.6 Å². The molecule has 21 heavy (non-hydrogen) atoms. The van der Waals surface area contributed by atoms with Crippen LogP contribution in [-0.4, -0.2) is 12.7 Å². The van der Waals surface area contributed by atoms with Gasteiger partial charge >= 0.3 is 6.18 Å². The molecular formula is C16H18F3NO. The zero-order chi connectivity index (χ0) is 15.1. The fourth-order valence-electron chi connectivity index (χ4n) is 2.18. The molecule has 0 aliphatic carbocycles. The standard InChI is InChI=1S/C16H18F3NO/c17-16(18,19)10-4-5-11-20-15(14-9-6-12-21-14)13-7-2-1-3-8-13/h1-3,6-9,12,15,20H,4-5,10-11H2. The van der Waals surface area contributed by atoms with Crippen molar-refractivity contribution < 1.29 is 17.6 Å². The normalized spacial score (nSPS) is 13.3. The van der Waals surface area contributed by atoms with Gasteiger partial charge in [-0.3, -0.25) is 0 Å². The highest BCUT2D eigenvalue weighted by molar-refractivity contribution is 5.26. The first kappa shape index (κ1) is 15.6. The summed E-state index contributed by atoms with van der Waals surface area (Å²) in [6.07, 6.45) is -2.60. The van der Waals surface area contributed by atoms with E-state index in [0.717, 1.165) is 11.3 Å². The zero-order valence-electron chi connectivity index (χ0n) is 11.6. The molecular weight excluding hydrogens is 279 g/mol. The number of benzene rings is 1. The quantitative estimate of drug-likeness (QED) is 0.750. The summed E-state index contributed by atoms with van der Waals surface area (Å²) in [5.74, 6) is 0.761. The van der Waals surface area contributed by atoms with Crippen LogP contribution < -0.4 is 5.32 Å². The Morgan fingerprint density at radius 3 is 2.38 bits per heavy atom. The molecule has 2 aromatic rings. The summed E-state index contributed by atoms with van der Waals surface area (Å²) in [6, 6.07) is 13.2. The Morgan fingerprint density at radius 2 is 1.76 bits per heavy atom. The van der Waals surface area contributed by atoms with Gasteiger partial charge in [-0.15, -0.1) is 0 Å². The predicted octanol–water partition coefficient (Wildman–Crippen LogP) is 4.69. The second-order valence-electron chi connectivity index (χ2n) is 4.89. The fraction of sp³-hybridized carbons (Fsp3) is 0.375. The topological polar surface area (TPSA) is 25.2 Å². The van der Waals surface area contributed by atoms with Gasteiger partial charge in [-0.25, -0.2) is 0 Å². The molecule has 0 radical (unpaired) electrons. The summed E-state index contributed by atoms with van der Waals surface area (Å²) in [4.78, 5) is 0. The predicted molar refractivity (Wildman–Crippen MR) is 74.9 cm³/mol. The van der Waals surface area contributed by atoms with E-state index < -0.39 is 12.6 Å². The first-order valence-electron chi connectivity index (χ1n) is 6.95. The molecule has 0 aliphatic rings. The third-order valence-corrected chi connectivity index (χ3v) is 3.20. The zero-order valence-corrected chi connectivity index (χ0v) is 11.6. The van der Waals surface area contributed by atoms with Crippen LogP contribution in [0, 0.1) is 0 Å². The van der Waals surface area contributed by atoms with Gasteiger partial charge in [0.15, 0.2) is 0 Å². The summed E-state index contributed by atoms with van der Waals surface area (Å²) < 4.78 is 41.7. The van der Waals surface area contributed by atoms with E-state index in [1.807, 2.05) is 36.4 Å². The van der Waals surface area contributed by atoms with Gasteiger partial charge in [0.25, 0.3) is 0 Å². The Hall–Kier alpha value is -1.75. The van der Waals surface area contributed by atoms with Gasteiger partial charge < -0.3 is 9.73 Å². The number of nitrogens with one attached hydrogen (secondary N) is 1. The number of furan rings is 1. The SMILES string of the molecule is FC(F)(F)CCCCNC(c1ccccc1)c1ccco1. The maximum absolute atomic E-state index is 12.1. The minimum atomic E-state index is -4.07. The summed E-state index contributed by atoms with van der Waals surface area (Å²) in [7, 11) is 0. The number of hydrogen-bond donors (Lipinski definition) is 1. The van der Waals surface area contributed by atoms with Crippen molar-refractivity contribution in [3.05, 3.63) is 60.1 Å². The summed E-state index contributed by atoms with van der Waals surface area (Å²) >= 11 is 0. The summed E-state index contributed by atoms with van der Waals surface area (Å²) in [6.45, 7) is 0.510. The summed E-state index contributed by atoms with van der Waals surface area (Å²) in [5.41, 5.74) is 1.03. The number of halogens is 3. The van der Waals surface area contributed by atoms with Gasteiger partial charge in [0.2, 0.25) is 0 Å². The van der Waals surface area contributed by atoms with Crippen molar-refractivity contribution in [2.24, 2.45) is 0 Å². The van der Waals surface area contributed by atoms with E-state index >= 15 is 0 Å². The van der Waals surface area contributed by atoms with E-state index in [-0.39, 0.29) is 12.5 Å². The highest BCUT2D eigenvalue weighted by Gasteiger charge is 2.26. The molecule has 1 aromatic heterocycles. The largest absolute Gasteiger partial charge is 0.467 e. The highest BCUT2D eigenvalue weighted by Crippen LogP contribution is 2.24. The fourth-order valence-corrected chi connectivity index (χ4v) is 2.18. The van der Waals surface area contributed by atoms with Crippen molar-refractivity contribution in [1.29, 1.82) is 0 Å². The third-order valence-electron chi connectivity index (χ3n) is 3.20. The molecule has 1 heterocycles. The van der Waals surface area contributed by atoms with Crippen molar-refractivity contribution in [3.63, 3.8) is 0 Å². The molecule has 0 saturated heterocycles. The van der Waals surface area contributed by atoms with Crippen molar-refractivity contribution in [3.8, 4) is 0 Å². The minimum absolute atomic E-state index is 0.132. The number of hydrogen-bond acceptors (Lipinski definition) is 2. The molecule has 0 amide bonds. The van der Waals surface area contributed by atoms with Crippen molar-refractivity contribution >= 4 is 0 Å². The lowest BCUT2D eigenvalue weighted by Gasteiger charge is -2.17. The van der Waals surface area contributed by atoms with E-state index in [1.54, 1.807) is 12.3 Å². The molecule has 1 unspecified atom stereocenters. The molecule has 0 saturated carbocycles.